The average Bonchev–Trinajstić information content (AvgIpc) is 3.24. The van der Waals surface area contributed by atoms with Gasteiger partial charge in [0.2, 0.25) is 0 Å². The Labute approximate surface area is 155 Å². The molecule has 4 heterocycles. The zero-order valence-corrected chi connectivity index (χ0v) is 15.5. The van der Waals surface area contributed by atoms with Gasteiger partial charge in [0, 0.05) is 38.5 Å². The number of hydrogen-bond donors (Lipinski definition) is 1. The fourth-order valence-electron chi connectivity index (χ4n) is 2.84. The molecule has 0 saturated carbocycles. The SMILES string of the molecule is COc1ccnc(-c2cc(Nc3cc(OC)c4cnn(C)c4n3)n(C)n2)c1. The van der Waals surface area contributed by atoms with Crippen molar-refractivity contribution in [3.05, 3.63) is 36.7 Å². The Kier molecular flexibility index (Phi) is 4.11. The van der Waals surface area contributed by atoms with Crippen LogP contribution in [0.25, 0.3) is 22.4 Å². The summed E-state index contributed by atoms with van der Waals surface area (Å²) in [7, 11) is 6.95. The van der Waals surface area contributed by atoms with Crippen LogP contribution in [0.4, 0.5) is 11.6 Å². The van der Waals surface area contributed by atoms with E-state index in [1.807, 2.05) is 32.3 Å². The summed E-state index contributed by atoms with van der Waals surface area (Å²) in [6.07, 6.45) is 3.43. The first-order valence-corrected chi connectivity index (χ1v) is 8.27. The Morgan fingerprint density at radius 2 is 1.85 bits per heavy atom. The minimum Gasteiger partial charge on any atom is -0.497 e. The zero-order chi connectivity index (χ0) is 19.0. The molecule has 9 nitrogen and oxygen atoms in total. The second-order valence-electron chi connectivity index (χ2n) is 5.96. The predicted molar refractivity (Wildman–Crippen MR) is 101 cm³/mol. The number of nitrogens with zero attached hydrogens (tertiary/aromatic N) is 6. The van der Waals surface area contributed by atoms with Crippen molar-refractivity contribution in [2.45, 2.75) is 0 Å². The molecule has 0 amide bonds. The number of aryl methyl sites for hydroxylation is 2. The van der Waals surface area contributed by atoms with Gasteiger partial charge in [0.25, 0.3) is 0 Å². The second-order valence-corrected chi connectivity index (χ2v) is 5.96. The van der Waals surface area contributed by atoms with Crippen molar-refractivity contribution in [3.8, 4) is 22.9 Å². The van der Waals surface area contributed by atoms with Crippen LogP contribution in [-0.2, 0) is 14.1 Å². The van der Waals surface area contributed by atoms with Gasteiger partial charge >= 0.3 is 0 Å². The van der Waals surface area contributed by atoms with Crippen LogP contribution in [0.15, 0.2) is 36.7 Å². The third kappa shape index (κ3) is 3.03. The molecule has 138 valence electrons. The molecule has 0 atom stereocenters. The lowest BCUT2D eigenvalue weighted by Gasteiger charge is -2.08. The molecule has 0 spiro atoms. The lowest BCUT2D eigenvalue weighted by atomic mass is 10.2. The molecule has 0 aliphatic heterocycles. The van der Waals surface area contributed by atoms with Gasteiger partial charge in [-0.05, 0) is 6.07 Å². The molecule has 4 rings (SSSR count). The van der Waals surface area contributed by atoms with Crippen molar-refractivity contribution < 1.29 is 9.47 Å². The van der Waals surface area contributed by atoms with E-state index in [1.54, 1.807) is 42.0 Å². The maximum absolute atomic E-state index is 5.47. The molecule has 4 aromatic heterocycles. The summed E-state index contributed by atoms with van der Waals surface area (Å²) in [5, 5.41) is 12.9. The van der Waals surface area contributed by atoms with Gasteiger partial charge < -0.3 is 14.8 Å². The summed E-state index contributed by atoms with van der Waals surface area (Å²) >= 11 is 0. The first kappa shape index (κ1) is 16.8. The van der Waals surface area contributed by atoms with Crippen LogP contribution in [0.1, 0.15) is 0 Å². The van der Waals surface area contributed by atoms with Gasteiger partial charge in [-0.3, -0.25) is 14.3 Å². The topological polar surface area (TPSA) is 91.9 Å². The van der Waals surface area contributed by atoms with Gasteiger partial charge in [0.05, 0.1) is 31.5 Å². The Morgan fingerprint density at radius 3 is 2.63 bits per heavy atom. The van der Waals surface area contributed by atoms with Crippen LogP contribution in [0.2, 0.25) is 0 Å². The molecule has 9 heteroatoms. The molecule has 27 heavy (non-hydrogen) atoms. The Balaban J connectivity index is 1.70. The van der Waals surface area contributed by atoms with Crippen molar-refractivity contribution in [2.75, 3.05) is 19.5 Å². The third-order valence-electron chi connectivity index (χ3n) is 4.25. The number of rotatable bonds is 5. The van der Waals surface area contributed by atoms with E-state index < -0.39 is 0 Å². The summed E-state index contributed by atoms with van der Waals surface area (Å²) in [5.41, 5.74) is 2.19. The lowest BCUT2D eigenvalue weighted by molar-refractivity contribution is 0.414. The minimum atomic E-state index is 0.635. The van der Waals surface area contributed by atoms with Crippen LogP contribution < -0.4 is 14.8 Å². The number of pyridine rings is 2. The van der Waals surface area contributed by atoms with Crippen molar-refractivity contribution in [3.63, 3.8) is 0 Å². The Hall–Kier alpha value is -3.62. The quantitative estimate of drug-likeness (QED) is 0.581. The van der Waals surface area contributed by atoms with E-state index in [4.69, 9.17) is 9.47 Å². The van der Waals surface area contributed by atoms with E-state index >= 15 is 0 Å². The molecular formula is C18H19N7O2. The standard InChI is InChI=1S/C18H19N7O2/c1-24-17(8-14(23-24)13-7-11(26-3)5-6-19-13)21-16-9-15(27-4)12-10-20-25(2)18(12)22-16/h5-10H,1-4H3,(H,21,22). The number of fused-ring (bicyclic) bond motifs is 1. The molecule has 4 aromatic rings. The molecule has 0 unspecified atom stereocenters. The summed E-state index contributed by atoms with van der Waals surface area (Å²) in [5.74, 6) is 2.84. The highest BCUT2D eigenvalue weighted by Gasteiger charge is 2.13. The number of methoxy groups -OCH3 is 2. The molecule has 0 aliphatic rings. The van der Waals surface area contributed by atoms with Gasteiger partial charge in [-0.2, -0.15) is 10.2 Å². The van der Waals surface area contributed by atoms with E-state index in [-0.39, 0.29) is 0 Å². The van der Waals surface area contributed by atoms with E-state index in [0.29, 0.717) is 11.6 Å². The molecule has 0 saturated heterocycles. The van der Waals surface area contributed by atoms with Gasteiger partial charge in [-0.25, -0.2) is 4.98 Å². The fourth-order valence-corrected chi connectivity index (χ4v) is 2.84. The van der Waals surface area contributed by atoms with Crippen molar-refractivity contribution in [2.24, 2.45) is 14.1 Å². The number of hydrogen-bond acceptors (Lipinski definition) is 7. The van der Waals surface area contributed by atoms with Gasteiger partial charge in [0.15, 0.2) is 5.65 Å². The van der Waals surface area contributed by atoms with Crippen LogP contribution in [-0.4, -0.2) is 43.7 Å². The average molecular weight is 365 g/mol. The maximum Gasteiger partial charge on any atom is 0.163 e. The Bertz CT molecular complexity index is 1120. The molecular weight excluding hydrogens is 346 g/mol. The molecule has 0 fully saturated rings. The smallest absolute Gasteiger partial charge is 0.163 e. The van der Waals surface area contributed by atoms with Crippen molar-refractivity contribution in [1.29, 1.82) is 0 Å². The van der Waals surface area contributed by atoms with Crippen LogP contribution >= 0.6 is 0 Å². The van der Waals surface area contributed by atoms with E-state index in [1.165, 1.54) is 0 Å². The zero-order valence-electron chi connectivity index (χ0n) is 15.5. The fraction of sp³-hybridized carbons (Fsp3) is 0.222. The molecule has 0 radical (unpaired) electrons. The van der Waals surface area contributed by atoms with Gasteiger partial charge in [-0.15, -0.1) is 0 Å². The van der Waals surface area contributed by atoms with Gasteiger partial charge in [-0.1, -0.05) is 0 Å². The molecule has 0 aliphatic carbocycles. The summed E-state index contributed by atoms with van der Waals surface area (Å²) < 4.78 is 14.2. The normalized spacial score (nSPS) is 11.0. The maximum atomic E-state index is 5.47. The monoisotopic (exact) mass is 365 g/mol. The first-order valence-electron chi connectivity index (χ1n) is 8.27. The third-order valence-corrected chi connectivity index (χ3v) is 4.25. The van der Waals surface area contributed by atoms with Gasteiger partial charge in [0.1, 0.15) is 28.8 Å². The highest BCUT2D eigenvalue weighted by atomic mass is 16.5. The number of nitrogens with one attached hydrogen (secondary N) is 1. The number of aromatic nitrogens is 6. The summed E-state index contributed by atoms with van der Waals surface area (Å²) in [6.45, 7) is 0. The first-order chi connectivity index (χ1) is 13.1. The second kappa shape index (κ2) is 6.60. The Morgan fingerprint density at radius 1 is 1.00 bits per heavy atom. The lowest BCUT2D eigenvalue weighted by Crippen LogP contribution is -2.02. The number of ether oxygens (including phenoxy) is 2. The van der Waals surface area contributed by atoms with Crippen LogP contribution in [0, 0.1) is 0 Å². The van der Waals surface area contributed by atoms with Crippen LogP contribution in [0.3, 0.4) is 0 Å². The summed E-state index contributed by atoms with van der Waals surface area (Å²) in [4.78, 5) is 8.98. The van der Waals surface area contributed by atoms with Crippen molar-refractivity contribution >= 4 is 22.7 Å². The highest BCUT2D eigenvalue weighted by molar-refractivity contribution is 5.84. The minimum absolute atomic E-state index is 0.635. The van der Waals surface area contributed by atoms with Crippen molar-refractivity contribution in [1.82, 2.24) is 29.5 Å². The predicted octanol–water partition coefficient (Wildman–Crippen LogP) is 2.52. The highest BCUT2D eigenvalue weighted by Crippen LogP contribution is 2.29. The largest absolute Gasteiger partial charge is 0.497 e. The van der Waals surface area contributed by atoms with Crippen LogP contribution in [0.5, 0.6) is 11.5 Å². The molecule has 0 aromatic carbocycles. The summed E-state index contributed by atoms with van der Waals surface area (Å²) in [6, 6.07) is 7.38. The molecule has 0 bridgehead atoms. The van der Waals surface area contributed by atoms with E-state index in [2.05, 4.69) is 25.5 Å². The van der Waals surface area contributed by atoms with E-state index in [0.717, 1.165) is 34.0 Å². The van der Waals surface area contributed by atoms with E-state index in [9.17, 15) is 0 Å². The molecule has 1 N–H and O–H groups in total. The number of anilines is 2.